The lowest BCUT2D eigenvalue weighted by Gasteiger charge is -2.24. The Morgan fingerprint density at radius 2 is 1.83 bits per heavy atom. The molecule has 0 bridgehead atoms. The van der Waals surface area contributed by atoms with E-state index in [9.17, 15) is 4.79 Å². The average molecular weight is 308 g/mol. The van der Waals surface area contributed by atoms with Gasteiger partial charge in [0.25, 0.3) is 0 Å². The van der Waals surface area contributed by atoms with Crippen molar-refractivity contribution in [1.82, 2.24) is 0 Å². The molecule has 0 aromatic heterocycles. The van der Waals surface area contributed by atoms with Crippen molar-refractivity contribution in [2.75, 3.05) is 0 Å². The van der Waals surface area contributed by atoms with Crippen LogP contribution >= 0.6 is 0 Å². The first-order valence-corrected chi connectivity index (χ1v) is 8.34. The number of esters is 1. The molecule has 23 heavy (non-hydrogen) atoms. The van der Waals surface area contributed by atoms with Gasteiger partial charge in [0.2, 0.25) is 0 Å². The molecule has 120 valence electrons. The van der Waals surface area contributed by atoms with Crippen molar-refractivity contribution in [3.63, 3.8) is 0 Å². The summed E-state index contributed by atoms with van der Waals surface area (Å²) in [7, 11) is 0. The first-order chi connectivity index (χ1) is 10.9. The number of benzene rings is 2. The van der Waals surface area contributed by atoms with Gasteiger partial charge >= 0.3 is 5.97 Å². The topological polar surface area (TPSA) is 26.3 Å². The molecule has 2 heteroatoms. The normalized spacial score (nSPS) is 14.1. The van der Waals surface area contributed by atoms with Gasteiger partial charge in [0.05, 0.1) is 5.41 Å². The average Bonchev–Trinajstić information content (AvgIpc) is 2.92. The molecule has 1 aliphatic carbocycles. The van der Waals surface area contributed by atoms with Crippen LogP contribution in [0.2, 0.25) is 0 Å². The fraction of sp³-hybridized carbons (Fsp3) is 0.381. The summed E-state index contributed by atoms with van der Waals surface area (Å²) in [6, 6.07) is 15.0. The quantitative estimate of drug-likeness (QED) is 0.611. The van der Waals surface area contributed by atoms with Crippen LogP contribution in [0.1, 0.15) is 56.9 Å². The Kier molecular flexibility index (Phi) is 4.01. The predicted octanol–water partition coefficient (Wildman–Crippen LogP) is 5.30. The molecular weight excluding hydrogens is 284 g/mol. The molecule has 1 aliphatic rings. The summed E-state index contributed by atoms with van der Waals surface area (Å²) in [5.74, 6) is -0.128. The molecule has 2 nitrogen and oxygen atoms in total. The molecular formula is C21H24O2. The Labute approximate surface area is 138 Å². The van der Waals surface area contributed by atoms with E-state index in [0.717, 1.165) is 18.4 Å². The number of rotatable bonds is 4. The zero-order valence-electron chi connectivity index (χ0n) is 14.3. The molecule has 1 atom stereocenters. The fourth-order valence-corrected chi connectivity index (χ4v) is 2.95. The van der Waals surface area contributed by atoms with Gasteiger partial charge in [-0.1, -0.05) is 49.4 Å². The minimum Gasteiger partial charge on any atom is -0.457 e. The van der Waals surface area contributed by atoms with Crippen LogP contribution in [0.3, 0.4) is 0 Å². The predicted molar refractivity (Wildman–Crippen MR) is 93.3 cm³/mol. The lowest BCUT2D eigenvalue weighted by Crippen LogP contribution is -2.26. The molecule has 2 aromatic carbocycles. The summed E-state index contributed by atoms with van der Waals surface area (Å²) in [6.45, 7) is 7.83. The number of carbonyl (C=O) groups is 1. The highest BCUT2D eigenvalue weighted by atomic mass is 16.5. The summed E-state index contributed by atoms with van der Waals surface area (Å²) in [4.78, 5) is 12.3. The van der Waals surface area contributed by atoms with Crippen molar-refractivity contribution in [1.29, 1.82) is 0 Å². The zero-order valence-corrected chi connectivity index (χ0v) is 14.3. The molecule has 0 spiro atoms. The van der Waals surface area contributed by atoms with Crippen molar-refractivity contribution in [2.45, 2.75) is 46.6 Å². The summed E-state index contributed by atoms with van der Waals surface area (Å²) >= 11 is 0. The van der Waals surface area contributed by atoms with E-state index in [-0.39, 0.29) is 12.1 Å². The maximum absolute atomic E-state index is 12.3. The number of hydrogen-bond donors (Lipinski definition) is 0. The Morgan fingerprint density at radius 3 is 2.57 bits per heavy atom. The molecule has 0 N–H and O–H groups in total. The van der Waals surface area contributed by atoms with E-state index in [1.165, 1.54) is 22.3 Å². The summed E-state index contributed by atoms with van der Waals surface area (Å²) in [5, 5.41) is 0. The largest absolute Gasteiger partial charge is 0.457 e. The van der Waals surface area contributed by atoms with Crippen LogP contribution in [0.4, 0.5) is 0 Å². The first-order valence-electron chi connectivity index (χ1n) is 8.34. The van der Waals surface area contributed by atoms with E-state index < -0.39 is 5.41 Å². The number of ether oxygens (including phenoxy) is 1. The lowest BCUT2D eigenvalue weighted by molar-refractivity contribution is -0.159. The third-order valence-corrected chi connectivity index (χ3v) is 5.01. The molecule has 0 heterocycles. The summed E-state index contributed by atoms with van der Waals surface area (Å²) in [6.07, 6.45) is 1.51. The number of carbonyl (C=O) groups excluding carboxylic acids is 1. The molecule has 0 radical (unpaired) electrons. The molecule has 1 unspecified atom stereocenters. The van der Waals surface area contributed by atoms with Crippen LogP contribution in [-0.2, 0) is 16.0 Å². The Balaban J connectivity index is 1.81. The minimum atomic E-state index is -0.429. The third kappa shape index (κ3) is 2.90. The Hall–Kier alpha value is -2.09. The van der Waals surface area contributed by atoms with Gasteiger partial charge in [-0.2, -0.15) is 0 Å². The maximum Gasteiger partial charge on any atom is 0.312 e. The second-order valence-electron chi connectivity index (χ2n) is 7.04. The molecule has 0 aliphatic heterocycles. The van der Waals surface area contributed by atoms with E-state index >= 15 is 0 Å². The van der Waals surface area contributed by atoms with E-state index in [0.29, 0.717) is 0 Å². The molecule has 2 aromatic rings. The molecule has 0 fully saturated rings. The minimum absolute atomic E-state index is 0.128. The van der Waals surface area contributed by atoms with Gasteiger partial charge in [-0.3, -0.25) is 4.79 Å². The SMILES string of the molecule is CCC(C)(C)C(=O)OC(C)c1ccc2c(c1)Cc1ccccc1-2. The highest BCUT2D eigenvalue weighted by Crippen LogP contribution is 2.38. The summed E-state index contributed by atoms with van der Waals surface area (Å²) < 4.78 is 5.69. The van der Waals surface area contributed by atoms with Crippen LogP contribution in [0.5, 0.6) is 0 Å². The van der Waals surface area contributed by atoms with Crippen LogP contribution in [0.15, 0.2) is 42.5 Å². The van der Waals surface area contributed by atoms with Crippen LogP contribution in [0, 0.1) is 5.41 Å². The third-order valence-electron chi connectivity index (χ3n) is 5.01. The highest BCUT2D eigenvalue weighted by Gasteiger charge is 2.29. The first kappa shape index (κ1) is 15.8. The van der Waals surface area contributed by atoms with Crippen molar-refractivity contribution < 1.29 is 9.53 Å². The smallest absolute Gasteiger partial charge is 0.312 e. The van der Waals surface area contributed by atoms with E-state index in [2.05, 4.69) is 42.5 Å². The van der Waals surface area contributed by atoms with Gasteiger partial charge in [-0.15, -0.1) is 0 Å². The van der Waals surface area contributed by atoms with Crippen molar-refractivity contribution >= 4 is 5.97 Å². The van der Waals surface area contributed by atoms with Gasteiger partial charge in [0, 0.05) is 0 Å². The molecule has 0 saturated heterocycles. The second kappa shape index (κ2) is 5.84. The van der Waals surface area contributed by atoms with Crippen LogP contribution < -0.4 is 0 Å². The second-order valence-corrected chi connectivity index (χ2v) is 7.04. The Morgan fingerprint density at radius 1 is 1.13 bits per heavy atom. The maximum atomic E-state index is 12.3. The monoisotopic (exact) mass is 308 g/mol. The summed E-state index contributed by atoms with van der Waals surface area (Å²) in [5.41, 5.74) is 5.96. The van der Waals surface area contributed by atoms with Crippen LogP contribution in [-0.4, -0.2) is 5.97 Å². The van der Waals surface area contributed by atoms with Crippen molar-refractivity contribution in [2.24, 2.45) is 5.41 Å². The fourth-order valence-electron chi connectivity index (χ4n) is 2.95. The van der Waals surface area contributed by atoms with Gasteiger partial charge in [-0.25, -0.2) is 0 Å². The van der Waals surface area contributed by atoms with E-state index in [1.54, 1.807) is 0 Å². The highest BCUT2D eigenvalue weighted by molar-refractivity contribution is 5.78. The number of fused-ring (bicyclic) bond motifs is 3. The van der Waals surface area contributed by atoms with Crippen molar-refractivity contribution in [3.05, 3.63) is 59.2 Å². The molecule has 0 amide bonds. The zero-order chi connectivity index (χ0) is 16.6. The molecule has 0 saturated carbocycles. The molecule has 3 rings (SSSR count). The van der Waals surface area contributed by atoms with Crippen LogP contribution in [0.25, 0.3) is 11.1 Å². The van der Waals surface area contributed by atoms with Crippen molar-refractivity contribution in [3.8, 4) is 11.1 Å². The van der Waals surface area contributed by atoms with Gasteiger partial charge < -0.3 is 4.74 Å². The van der Waals surface area contributed by atoms with Gasteiger partial charge in [-0.05, 0) is 61.4 Å². The number of hydrogen-bond acceptors (Lipinski definition) is 2. The Bertz CT molecular complexity index is 743. The lowest BCUT2D eigenvalue weighted by atomic mass is 9.90. The van der Waals surface area contributed by atoms with Gasteiger partial charge in [0.15, 0.2) is 0 Å². The van der Waals surface area contributed by atoms with Gasteiger partial charge in [0.1, 0.15) is 6.10 Å². The standard InChI is InChI=1S/C21H24O2/c1-5-21(3,4)20(22)23-14(2)15-10-11-19-17(12-15)13-16-8-6-7-9-18(16)19/h6-12,14H,5,13H2,1-4H3. The van der Waals surface area contributed by atoms with E-state index in [4.69, 9.17) is 4.74 Å². The van der Waals surface area contributed by atoms with E-state index in [1.807, 2.05) is 27.7 Å².